The molecule has 2 aromatic rings. The predicted octanol–water partition coefficient (Wildman–Crippen LogP) is 7.36. The molecule has 0 heterocycles. The van der Waals surface area contributed by atoms with E-state index in [-0.39, 0.29) is 57.3 Å². The van der Waals surface area contributed by atoms with Gasteiger partial charge in [-0.1, -0.05) is 11.1 Å². The molecule has 0 spiro atoms. The van der Waals surface area contributed by atoms with E-state index in [0.29, 0.717) is 26.1 Å². The first-order chi connectivity index (χ1) is 19.3. The van der Waals surface area contributed by atoms with E-state index in [2.05, 4.69) is 24.3 Å². The van der Waals surface area contributed by atoms with Crippen LogP contribution in [-0.4, -0.2) is 39.0 Å². The van der Waals surface area contributed by atoms with Crippen molar-refractivity contribution in [3.63, 3.8) is 0 Å². The molecule has 0 bridgehead atoms. The zero-order valence-corrected chi connectivity index (χ0v) is 24.6. The van der Waals surface area contributed by atoms with Crippen LogP contribution in [0.25, 0.3) is 0 Å². The molecule has 9 heteroatoms. The van der Waals surface area contributed by atoms with Crippen molar-refractivity contribution in [2.75, 3.05) is 27.4 Å². The molecule has 0 saturated carbocycles. The summed E-state index contributed by atoms with van der Waals surface area (Å²) in [5, 5.41) is 0. The molecule has 4 rings (SSSR count). The number of allylic oxidation sites excluding steroid dienone is 8. The Bertz CT molecular complexity index is 1060. The SMILES string of the molecule is COCCCC(=O)c1ccc(F)[c-]c1F.COCCCC(=O)c1ccc(F)[c-]c1F.[C-]1=CC=CC1.[C-]1=CC=CC1.[Ti+4]. The molecule has 4 nitrogen and oxygen atoms in total. The molecule has 216 valence electrons. The number of hydrogen-bond acceptors (Lipinski definition) is 4. The number of carbonyl (C=O) groups excluding carboxylic acids is 2. The first-order valence-corrected chi connectivity index (χ1v) is 12.5. The van der Waals surface area contributed by atoms with Gasteiger partial charge in [-0.05, 0) is 12.8 Å². The van der Waals surface area contributed by atoms with Crippen molar-refractivity contribution < 1.29 is 58.3 Å². The van der Waals surface area contributed by atoms with Crippen LogP contribution < -0.4 is 0 Å². The van der Waals surface area contributed by atoms with E-state index >= 15 is 0 Å². The van der Waals surface area contributed by atoms with Crippen LogP contribution in [0.4, 0.5) is 17.6 Å². The van der Waals surface area contributed by atoms with Gasteiger partial charge in [0, 0.05) is 63.5 Å². The molecule has 0 fully saturated rings. The summed E-state index contributed by atoms with van der Waals surface area (Å²) in [6.45, 7) is 0.885. The number of Topliss-reactive ketones (excluding diaryl/α,β-unsaturated/α-hetero) is 2. The van der Waals surface area contributed by atoms with Crippen molar-refractivity contribution in [2.45, 2.75) is 38.5 Å². The molecule has 41 heavy (non-hydrogen) atoms. The molecule has 0 saturated heterocycles. The second kappa shape index (κ2) is 23.8. The van der Waals surface area contributed by atoms with Gasteiger partial charge in [0.1, 0.15) is 11.6 Å². The molecular weight excluding hydrogens is 572 g/mol. The molecule has 0 aromatic heterocycles. The molecule has 0 radical (unpaired) electrons. The van der Waals surface area contributed by atoms with Crippen LogP contribution in [0, 0.1) is 47.6 Å². The molecule has 0 unspecified atom stereocenters. The van der Waals surface area contributed by atoms with Crippen LogP contribution in [0.15, 0.2) is 60.7 Å². The van der Waals surface area contributed by atoms with Gasteiger partial charge in [-0.2, -0.15) is 24.3 Å². The van der Waals surface area contributed by atoms with Gasteiger partial charge in [0.2, 0.25) is 0 Å². The van der Waals surface area contributed by atoms with E-state index in [1.54, 1.807) is 0 Å². The summed E-state index contributed by atoms with van der Waals surface area (Å²) in [4.78, 5) is 22.8. The monoisotopic (exact) mass is 604 g/mol. The van der Waals surface area contributed by atoms with Gasteiger partial charge in [-0.25, -0.2) is 41.9 Å². The molecule has 2 aliphatic carbocycles. The molecular formula is C32H32F4O4Ti. The number of rotatable bonds is 10. The zero-order valence-electron chi connectivity index (χ0n) is 23.1. The Labute approximate surface area is 254 Å². The maximum atomic E-state index is 13.1. The maximum absolute atomic E-state index is 13.1. The van der Waals surface area contributed by atoms with Gasteiger partial charge in [-0.15, -0.1) is 37.1 Å². The van der Waals surface area contributed by atoms with Crippen molar-refractivity contribution in [1.82, 2.24) is 0 Å². The Morgan fingerprint density at radius 2 is 1.10 bits per heavy atom. The van der Waals surface area contributed by atoms with E-state index in [9.17, 15) is 27.2 Å². The predicted molar refractivity (Wildman–Crippen MR) is 144 cm³/mol. The van der Waals surface area contributed by atoms with Crippen LogP contribution in [-0.2, 0) is 31.2 Å². The number of benzene rings is 2. The minimum Gasteiger partial charge on any atom is -0.385 e. The summed E-state index contributed by atoms with van der Waals surface area (Å²) < 4.78 is 60.6. The van der Waals surface area contributed by atoms with Crippen LogP contribution in [0.5, 0.6) is 0 Å². The summed E-state index contributed by atoms with van der Waals surface area (Å²) in [5.74, 6) is -4.20. The minimum absolute atomic E-state index is 0. The van der Waals surface area contributed by atoms with E-state index < -0.39 is 23.3 Å². The molecule has 0 aliphatic heterocycles. The van der Waals surface area contributed by atoms with E-state index in [1.807, 2.05) is 36.4 Å². The summed E-state index contributed by atoms with van der Waals surface area (Å²) in [5.41, 5.74) is -0.236. The molecule has 0 amide bonds. The Kier molecular flexibility index (Phi) is 22.1. The number of carbonyl (C=O) groups is 2. The molecule has 0 atom stereocenters. The average Bonchev–Trinajstić information content (AvgIpc) is 3.69. The second-order valence-electron chi connectivity index (χ2n) is 8.11. The largest absolute Gasteiger partial charge is 4.00 e. The van der Waals surface area contributed by atoms with Crippen LogP contribution in [0.1, 0.15) is 59.2 Å². The fourth-order valence-electron chi connectivity index (χ4n) is 3.02. The number of ketones is 2. The standard InChI is InChI=1S/2C11H11F2O2.2C5H5.Ti/c2*1-15-6-2-3-11(14)9-5-4-8(12)7-10(9)13;2*1-2-4-5-3-1;/h2*4-5H,2-3,6H2,1H3;2*1-3H,4H2;/q4*-1;+4. The van der Waals surface area contributed by atoms with Gasteiger partial charge < -0.3 is 19.1 Å². The first-order valence-electron chi connectivity index (χ1n) is 12.5. The van der Waals surface area contributed by atoms with Crippen molar-refractivity contribution >= 4 is 11.6 Å². The van der Waals surface area contributed by atoms with Gasteiger partial charge in [0.25, 0.3) is 0 Å². The number of methoxy groups -OCH3 is 2. The van der Waals surface area contributed by atoms with Gasteiger partial charge >= 0.3 is 21.7 Å². The molecule has 2 aromatic carbocycles. The summed E-state index contributed by atoms with van der Waals surface area (Å²) in [6, 6.07) is 7.96. The summed E-state index contributed by atoms with van der Waals surface area (Å²) in [6.07, 6.45) is 21.4. The maximum Gasteiger partial charge on any atom is 4.00 e. The van der Waals surface area contributed by atoms with E-state index in [0.717, 1.165) is 37.1 Å². The van der Waals surface area contributed by atoms with E-state index in [1.165, 1.54) is 14.2 Å². The minimum atomic E-state index is -0.933. The quantitative estimate of drug-likeness (QED) is 0.0936. The summed E-state index contributed by atoms with van der Waals surface area (Å²) in [7, 11) is 3.05. The van der Waals surface area contributed by atoms with Crippen molar-refractivity contribution in [3.05, 3.63) is 119 Å². The molecule has 2 aliphatic rings. The summed E-state index contributed by atoms with van der Waals surface area (Å²) >= 11 is 0. The Balaban J connectivity index is 0.000000573. The number of halogens is 4. The molecule has 0 N–H and O–H groups in total. The van der Waals surface area contributed by atoms with Gasteiger partial charge in [0.15, 0.2) is 0 Å². The van der Waals surface area contributed by atoms with Crippen LogP contribution in [0.2, 0.25) is 0 Å². The van der Waals surface area contributed by atoms with Crippen LogP contribution >= 0.6 is 0 Å². The zero-order chi connectivity index (χ0) is 29.6. The Morgan fingerprint density at radius 1 is 0.707 bits per heavy atom. The van der Waals surface area contributed by atoms with Crippen molar-refractivity contribution in [2.24, 2.45) is 0 Å². The normalized spacial score (nSPS) is 11.9. The Morgan fingerprint density at radius 3 is 1.34 bits per heavy atom. The third-order valence-corrected chi connectivity index (χ3v) is 5.00. The second-order valence-corrected chi connectivity index (χ2v) is 8.11. The number of ether oxygens (including phenoxy) is 2. The van der Waals surface area contributed by atoms with Gasteiger partial charge in [-0.3, -0.25) is 12.2 Å². The first kappa shape index (κ1) is 38.1. The van der Waals surface area contributed by atoms with Gasteiger partial charge in [0.05, 0.1) is 0 Å². The van der Waals surface area contributed by atoms with Crippen molar-refractivity contribution in [3.8, 4) is 0 Å². The fourth-order valence-corrected chi connectivity index (χ4v) is 3.02. The smallest absolute Gasteiger partial charge is 0.385 e. The third-order valence-electron chi connectivity index (χ3n) is 5.00. The number of hydrogen-bond donors (Lipinski definition) is 0. The average molecular weight is 604 g/mol. The van der Waals surface area contributed by atoms with Crippen LogP contribution in [0.3, 0.4) is 0 Å². The topological polar surface area (TPSA) is 52.6 Å². The fraction of sp³-hybridized carbons (Fsp3) is 0.312. The van der Waals surface area contributed by atoms with E-state index in [4.69, 9.17) is 9.47 Å². The third kappa shape index (κ3) is 17.5. The van der Waals surface area contributed by atoms with Crippen molar-refractivity contribution in [1.29, 1.82) is 0 Å². The Hall–Kier alpha value is -2.91.